The topological polar surface area (TPSA) is 61.4 Å². The Kier molecular flexibility index (Phi) is 4.12. The quantitative estimate of drug-likeness (QED) is 0.827. The Hall–Kier alpha value is -2.40. The predicted octanol–water partition coefficient (Wildman–Crippen LogP) is 3.37. The molecular formula is C22H20NO3S-. The van der Waals surface area contributed by atoms with E-state index < -0.39 is 5.97 Å². The van der Waals surface area contributed by atoms with E-state index in [2.05, 4.69) is 35.7 Å². The molecule has 0 spiro atoms. The van der Waals surface area contributed by atoms with Gasteiger partial charge in [0.25, 0.3) is 0 Å². The molecule has 1 aliphatic carbocycles. The first-order valence-corrected chi connectivity index (χ1v) is 10.5. The second kappa shape index (κ2) is 6.64. The number of ether oxygens (including phenoxy) is 1. The summed E-state index contributed by atoms with van der Waals surface area (Å²) >= 11 is 1.91. The predicted molar refractivity (Wildman–Crippen MR) is 105 cm³/mol. The molecule has 4 nitrogen and oxygen atoms in total. The molecule has 2 aromatic rings. The van der Waals surface area contributed by atoms with Crippen molar-refractivity contribution in [1.29, 1.82) is 0 Å². The lowest BCUT2D eigenvalue weighted by atomic mass is 9.76. The summed E-state index contributed by atoms with van der Waals surface area (Å²) in [6.45, 7) is 0. The molecular weight excluding hydrogens is 358 g/mol. The summed E-state index contributed by atoms with van der Waals surface area (Å²) in [5.41, 5.74) is 3.50. The largest absolute Gasteiger partial charge is 0.545 e. The number of carbonyl (C=O) groups excluding carboxylic acids is 1. The molecule has 2 heterocycles. The Morgan fingerprint density at radius 3 is 2.85 bits per heavy atom. The summed E-state index contributed by atoms with van der Waals surface area (Å²) in [5, 5.41) is 14.9. The summed E-state index contributed by atoms with van der Waals surface area (Å²) in [6, 6.07) is 13.8. The highest BCUT2D eigenvalue weighted by Gasteiger charge is 2.38. The third-order valence-corrected chi connectivity index (χ3v) is 6.94. The fraction of sp³-hybridized carbons (Fsp3) is 0.318. The number of carboxylic acid groups (broad SMARTS) is 1. The van der Waals surface area contributed by atoms with Crippen LogP contribution in [0, 0.1) is 5.92 Å². The molecule has 138 valence electrons. The third kappa shape index (κ3) is 3.00. The summed E-state index contributed by atoms with van der Waals surface area (Å²) in [4.78, 5) is 11.3. The smallest absolute Gasteiger partial charge is 0.120 e. The van der Waals surface area contributed by atoms with E-state index in [-0.39, 0.29) is 17.5 Å². The lowest BCUT2D eigenvalue weighted by Gasteiger charge is -2.38. The molecule has 2 aromatic carbocycles. The fourth-order valence-corrected chi connectivity index (χ4v) is 4.87. The molecule has 3 atom stereocenters. The van der Waals surface area contributed by atoms with Gasteiger partial charge in [0.15, 0.2) is 0 Å². The van der Waals surface area contributed by atoms with Crippen LogP contribution in [0.15, 0.2) is 54.6 Å². The van der Waals surface area contributed by atoms with E-state index in [1.807, 2.05) is 23.9 Å². The molecule has 0 bridgehead atoms. The second-order valence-corrected chi connectivity index (χ2v) is 8.49. The highest BCUT2D eigenvalue weighted by molar-refractivity contribution is 8.00. The van der Waals surface area contributed by atoms with Crippen LogP contribution in [0.2, 0.25) is 0 Å². The van der Waals surface area contributed by atoms with Gasteiger partial charge in [-0.05, 0) is 53.3 Å². The van der Waals surface area contributed by atoms with Gasteiger partial charge in [-0.3, -0.25) is 0 Å². The number of carbonyl (C=O) groups is 1. The van der Waals surface area contributed by atoms with E-state index in [1.165, 1.54) is 5.56 Å². The highest BCUT2D eigenvalue weighted by atomic mass is 32.2. The minimum absolute atomic E-state index is 0.172. The first kappa shape index (κ1) is 16.8. The zero-order chi connectivity index (χ0) is 18.4. The summed E-state index contributed by atoms with van der Waals surface area (Å²) in [5.74, 6) is 2.52. The number of hydrogen-bond donors (Lipinski definition) is 1. The minimum Gasteiger partial charge on any atom is -0.545 e. The van der Waals surface area contributed by atoms with Crippen molar-refractivity contribution < 1.29 is 14.6 Å². The van der Waals surface area contributed by atoms with Gasteiger partial charge in [0.1, 0.15) is 11.9 Å². The summed E-state index contributed by atoms with van der Waals surface area (Å²) in [6.07, 6.45) is 5.72. The lowest BCUT2D eigenvalue weighted by molar-refractivity contribution is -0.255. The first-order chi connectivity index (χ1) is 13.2. The van der Waals surface area contributed by atoms with Gasteiger partial charge in [0.2, 0.25) is 0 Å². The summed E-state index contributed by atoms with van der Waals surface area (Å²) in [7, 11) is 0. The number of anilines is 1. The van der Waals surface area contributed by atoms with Crippen molar-refractivity contribution in [2.45, 2.75) is 24.5 Å². The zero-order valence-corrected chi connectivity index (χ0v) is 15.6. The molecule has 1 saturated heterocycles. The molecule has 3 aliphatic rings. The molecule has 0 radical (unpaired) electrons. The fourth-order valence-electron chi connectivity index (χ4n) is 4.31. The van der Waals surface area contributed by atoms with Crippen LogP contribution in [0.3, 0.4) is 0 Å². The number of carboxylic acids is 1. The molecule has 5 heteroatoms. The Balaban J connectivity index is 1.47. The van der Waals surface area contributed by atoms with Gasteiger partial charge >= 0.3 is 0 Å². The van der Waals surface area contributed by atoms with Crippen LogP contribution >= 0.6 is 11.8 Å². The number of thioether (sulfide) groups is 1. The van der Waals surface area contributed by atoms with Gasteiger partial charge in [-0.2, -0.15) is 11.8 Å². The van der Waals surface area contributed by atoms with E-state index in [1.54, 1.807) is 12.1 Å². The van der Waals surface area contributed by atoms with Gasteiger partial charge in [0, 0.05) is 23.1 Å². The van der Waals surface area contributed by atoms with Crippen LogP contribution in [0.25, 0.3) is 0 Å². The second-order valence-electron chi connectivity index (χ2n) is 7.41. The SMILES string of the molecule is O=C([O-])c1ccc2c(c1)[C@@H]1C=CC[C@@H]1[C@H](c1cccc(OC3CSC3)c1)N2. The van der Waals surface area contributed by atoms with Crippen molar-refractivity contribution in [3.8, 4) is 5.75 Å². The number of nitrogens with one attached hydrogen (secondary N) is 1. The Labute approximate surface area is 162 Å². The maximum Gasteiger partial charge on any atom is 0.120 e. The van der Waals surface area contributed by atoms with Gasteiger partial charge in [-0.1, -0.05) is 30.4 Å². The van der Waals surface area contributed by atoms with Crippen LogP contribution in [0.4, 0.5) is 5.69 Å². The number of fused-ring (bicyclic) bond motifs is 3. The zero-order valence-electron chi connectivity index (χ0n) is 14.8. The maximum atomic E-state index is 11.3. The van der Waals surface area contributed by atoms with Crippen LogP contribution in [0.1, 0.15) is 39.9 Å². The molecule has 0 unspecified atom stereocenters. The van der Waals surface area contributed by atoms with Gasteiger partial charge in [0.05, 0.1) is 12.0 Å². The monoisotopic (exact) mass is 378 g/mol. The summed E-state index contributed by atoms with van der Waals surface area (Å²) < 4.78 is 6.07. The molecule has 27 heavy (non-hydrogen) atoms. The van der Waals surface area contributed by atoms with Crippen LogP contribution < -0.4 is 15.2 Å². The third-order valence-electron chi connectivity index (χ3n) is 5.73. The molecule has 2 aliphatic heterocycles. The maximum absolute atomic E-state index is 11.3. The average Bonchev–Trinajstić information content (AvgIpc) is 3.14. The van der Waals surface area contributed by atoms with Crippen LogP contribution in [-0.4, -0.2) is 23.6 Å². The van der Waals surface area contributed by atoms with Crippen molar-refractivity contribution in [2.75, 3.05) is 16.8 Å². The Morgan fingerprint density at radius 2 is 2.07 bits per heavy atom. The highest BCUT2D eigenvalue weighted by Crippen LogP contribution is 2.50. The van der Waals surface area contributed by atoms with Crippen molar-refractivity contribution in [2.24, 2.45) is 5.92 Å². The van der Waals surface area contributed by atoms with Crippen molar-refractivity contribution in [1.82, 2.24) is 0 Å². The number of rotatable bonds is 4. The number of benzene rings is 2. The molecule has 0 saturated carbocycles. The van der Waals surface area contributed by atoms with Crippen molar-refractivity contribution in [3.63, 3.8) is 0 Å². The normalized spacial score (nSPS) is 25.9. The molecule has 1 N–H and O–H groups in total. The Bertz CT molecular complexity index is 922. The van der Waals surface area contributed by atoms with Gasteiger partial charge in [-0.25, -0.2) is 0 Å². The van der Waals surface area contributed by atoms with Crippen LogP contribution in [-0.2, 0) is 0 Å². The van der Waals surface area contributed by atoms with E-state index in [0.29, 0.717) is 12.0 Å². The number of allylic oxidation sites excluding steroid dienone is 2. The van der Waals surface area contributed by atoms with E-state index in [4.69, 9.17) is 4.74 Å². The molecule has 1 fully saturated rings. The van der Waals surface area contributed by atoms with Gasteiger partial charge < -0.3 is 20.0 Å². The Morgan fingerprint density at radius 1 is 1.19 bits per heavy atom. The van der Waals surface area contributed by atoms with Crippen LogP contribution in [0.5, 0.6) is 5.75 Å². The molecule has 0 amide bonds. The lowest BCUT2D eigenvalue weighted by Crippen LogP contribution is -2.31. The first-order valence-electron chi connectivity index (χ1n) is 9.32. The molecule has 5 rings (SSSR count). The molecule has 0 aromatic heterocycles. The average molecular weight is 378 g/mol. The van der Waals surface area contributed by atoms with Crippen molar-refractivity contribution in [3.05, 3.63) is 71.3 Å². The van der Waals surface area contributed by atoms with E-state index in [9.17, 15) is 9.90 Å². The number of aromatic carboxylic acids is 1. The minimum atomic E-state index is -1.13. The van der Waals surface area contributed by atoms with E-state index >= 15 is 0 Å². The van der Waals surface area contributed by atoms with E-state index in [0.717, 1.165) is 34.9 Å². The number of hydrogen-bond acceptors (Lipinski definition) is 5. The van der Waals surface area contributed by atoms with Gasteiger partial charge in [-0.15, -0.1) is 0 Å². The standard InChI is InChI=1S/C22H21NO3S/c24-22(25)14-7-8-20-19(10-14)17-5-2-6-18(17)21(23-20)13-3-1-4-15(9-13)26-16-11-27-12-16/h1-5,7-10,16-18,21,23H,6,11-12H2,(H,24,25)/p-1/t17-,18+,21+/m1/s1. The van der Waals surface area contributed by atoms with Crippen molar-refractivity contribution >= 4 is 23.4 Å².